The molecule has 0 spiro atoms. The number of hydrogen-bond donors (Lipinski definition) is 2. The second-order valence-corrected chi connectivity index (χ2v) is 2.64. The van der Waals surface area contributed by atoms with Gasteiger partial charge in [0.1, 0.15) is 0 Å². The summed E-state index contributed by atoms with van der Waals surface area (Å²) >= 11 is 0. The third kappa shape index (κ3) is 1.82. The maximum absolute atomic E-state index is 13.1. The Morgan fingerprint density at radius 3 is 2.71 bits per heavy atom. The first-order chi connectivity index (χ1) is 6.60. The van der Waals surface area contributed by atoms with Crippen LogP contribution >= 0.6 is 0 Å². The maximum atomic E-state index is 13.1. The van der Waals surface area contributed by atoms with Gasteiger partial charge >= 0.3 is 0 Å². The summed E-state index contributed by atoms with van der Waals surface area (Å²) in [5.41, 5.74) is 5.12. The molecule has 0 fully saturated rings. The molecule has 5 heteroatoms. The smallest absolute Gasteiger partial charge is 0.196 e. The molecule has 0 saturated carbocycles. The molecule has 3 N–H and O–H groups in total. The SMILES string of the molecule is COc1c(O)cc(C(=O)CN)cc1F. The van der Waals surface area contributed by atoms with E-state index in [2.05, 4.69) is 4.74 Å². The van der Waals surface area contributed by atoms with Gasteiger partial charge in [-0.2, -0.15) is 0 Å². The van der Waals surface area contributed by atoms with E-state index in [0.717, 1.165) is 12.1 Å². The first-order valence-electron chi connectivity index (χ1n) is 3.90. The lowest BCUT2D eigenvalue weighted by molar-refractivity contribution is 0.100. The van der Waals surface area contributed by atoms with Gasteiger partial charge in [0.2, 0.25) is 0 Å². The number of hydrogen-bond acceptors (Lipinski definition) is 4. The number of ketones is 1. The molecule has 0 atom stereocenters. The Bertz CT molecular complexity index is 342. The van der Waals surface area contributed by atoms with Gasteiger partial charge in [-0.05, 0) is 12.1 Å². The minimum atomic E-state index is -0.788. The van der Waals surface area contributed by atoms with Crippen LogP contribution in [0, 0.1) is 5.82 Å². The average molecular weight is 199 g/mol. The molecule has 0 aliphatic carbocycles. The molecule has 0 heterocycles. The van der Waals surface area contributed by atoms with Crippen LogP contribution in [0.1, 0.15) is 10.4 Å². The van der Waals surface area contributed by atoms with E-state index in [1.807, 2.05) is 0 Å². The van der Waals surface area contributed by atoms with Crippen LogP contribution in [0.4, 0.5) is 4.39 Å². The lowest BCUT2D eigenvalue weighted by atomic mass is 10.1. The van der Waals surface area contributed by atoms with Gasteiger partial charge in [-0.25, -0.2) is 4.39 Å². The Kier molecular flexibility index (Phi) is 3.03. The molecule has 0 radical (unpaired) electrons. The van der Waals surface area contributed by atoms with Gasteiger partial charge in [-0.15, -0.1) is 0 Å². The number of Topliss-reactive ketones (excluding diaryl/α,β-unsaturated/α-hetero) is 1. The number of nitrogens with two attached hydrogens (primary N) is 1. The fourth-order valence-electron chi connectivity index (χ4n) is 1.06. The molecule has 76 valence electrons. The Labute approximate surface area is 80.1 Å². The van der Waals surface area contributed by atoms with E-state index >= 15 is 0 Å². The number of carbonyl (C=O) groups is 1. The highest BCUT2D eigenvalue weighted by Gasteiger charge is 2.13. The molecule has 4 nitrogen and oxygen atoms in total. The molecule has 0 amide bonds. The predicted molar refractivity (Wildman–Crippen MR) is 48.0 cm³/mol. The maximum Gasteiger partial charge on any atom is 0.196 e. The summed E-state index contributed by atoms with van der Waals surface area (Å²) in [5.74, 6) is -1.92. The summed E-state index contributed by atoms with van der Waals surface area (Å²) in [6, 6.07) is 2.10. The van der Waals surface area contributed by atoms with E-state index in [0.29, 0.717) is 0 Å². The van der Waals surface area contributed by atoms with Crippen LogP contribution in [0.5, 0.6) is 11.5 Å². The second-order valence-electron chi connectivity index (χ2n) is 2.64. The molecule has 0 saturated heterocycles. The number of phenols is 1. The van der Waals surface area contributed by atoms with E-state index < -0.39 is 17.3 Å². The number of aromatic hydroxyl groups is 1. The minimum absolute atomic E-state index is 0.0308. The quantitative estimate of drug-likeness (QED) is 0.702. The number of halogens is 1. The fraction of sp³-hybridized carbons (Fsp3) is 0.222. The van der Waals surface area contributed by atoms with Crippen molar-refractivity contribution in [3.8, 4) is 11.5 Å². The van der Waals surface area contributed by atoms with E-state index in [-0.39, 0.29) is 17.9 Å². The number of carbonyl (C=O) groups excluding carboxylic acids is 1. The lowest BCUT2D eigenvalue weighted by Crippen LogP contribution is -2.13. The van der Waals surface area contributed by atoms with Crippen molar-refractivity contribution in [1.82, 2.24) is 0 Å². The third-order valence-electron chi connectivity index (χ3n) is 1.74. The van der Waals surface area contributed by atoms with Gasteiger partial charge in [0.05, 0.1) is 13.7 Å². The zero-order valence-electron chi connectivity index (χ0n) is 7.58. The summed E-state index contributed by atoms with van der Waals surface area (Å²) < 4.78 is 17.7. The van der Waals surface area contributed by atoms with Crippen molar-refractivity contribution in [2.24, 2.45) is 5.73 Å². The van der Waals surface area contributed by atoms with Crippen LogP contribution in [0.15, 0.2) is 12.1 Å². The molecule has 0 aliphatic rings. The van der Waals surface area contributed by atoms with Crippen LogP contribution in [0.2, 0.25) is 0 Å². The van der Waals surface area contributed by atoms with Crippen molar-refractivity contribution in [1.29, 1.82) is 0 Å². The predicted octanol–water partition coefficient (Wildman–Crippen LogP) is 0.681. The van der Waals surface area contributed by atoms with Crippen LogP contribution in [0.3, 0.4) is 0 Å². The van der Waals surface area contributed by atoms with E-state index in [4.69, 9.17) is 5.73 Å². The highest BCUT2D eigenvalue weighted by atomic mass is 19.1. The Balaban J connectivity index is 3.20. The van der Waals surface area contributed by atoms with Crippen molar-refractivity contribution in [3.05, 3.63) is 23.5 Å². The molecule has 0 unspecified atom stereocenters. The molecule has 1 rings (SSSR count). The van der Waals surface area contributed by atoms with Crippen LogP contribution in [-0.4, -0.2) is 24.5 Å². The van der Waals surface area contributed by atoms with E-state index in [1.165, 1.54) is 7.11 Å². The van der Waals surface area contributed by atoms with Gasteiger partial charge in [-0.1, -0.05) is 0 Å². The summed E-state index contributed by atoms with van der Waals surface area (Å²) in [7, 11) is 1.22. The largest absolute Gasteiger partial charge is 0.504 e. The van der Waals surface area contributed by atoms with Crippen molar-refractivity contribution in [2.75, 3.05) is 13.7 Å². The molecule has 14 heavy (non-hydrogen) atoms. The first-order valence-corrected chi connectivity index (χ1v) is 3.90. The van der Waals surface area contributed by atoms with E-state index in [9.17, 15) is 14.3 Å². The monoisotopic (exact) mass is 199 g/mol. The summed E-state index contributed by atoms with van der Waals surface area (Å²) in [6.07, 6.45) is 0. The molecular weight excluding hydrogens is 189 g/mol. The minimum Gasteiger partial charge on any atom is -0.504 e. The molecule has 0 bridgehead atoms. The molecular formula is C9H10FNO3. The zero-order chi connectivity index (χ0) is 10.7. The standard InChI is InChI=1S/C9H10FNO3/c1-14-9-6(10)2-5(3-7(9)12)8(13)4-11/h2-3,12H,4,11H2,1H3. The number of methoxy groups -OCH3 is 1. The molecule has 0 aliphatic heterocycles. The molecule has 1 aromatic carbocycles. The van der Waals surface area contributed by atoms with Crippen LogP contribution < -0.4 is 10.5 Å². The Hall–Kier alpha value is -1.62. The Morgan fingerprint density at radius 2 is 2.29 bits per heavy atom. The van der Waals surface area contributed by atoms with Crippen molar-refractivity contribution >= 4 is 5.78 Å². The first kappa shape index (κ1) is 10.5. The number of ether oxygens (including phenoxy) is 1. The topological polar surface area (TPSA) is 72.5 Å². The highest BCUT2D eigenvalue weighted by molar-refractivity contribution is 5.98. The van der Waals surface area contributed by atoms with Crippen molar-refractivity contribution in [2.45, 2.75) is 0 Å². The summed E-state index contributed by atoms with van der Waals surface area (Å²) in [6.45, 7) is -0.231. The van der Waals surface area contributed by atoms with Crippen LogP contribution in [-0.2, 0) is 0 Å². The molecule has 1 aromatic rings. The normalized spacial score (nSPS) is 9.93. The van der Waals surface area contributed by atoms with Gasteiger partial charge in [-0.3, -0.25) is 4.79 Å². The fourth-order valence-corrected chi connectivity index (χ4v) is 1.06. The number of rotatable bonds is 3. The summed E-state index contributed by atoms with van der Waals surface area (Å²) in [4.78, 5) is 11.1. The number of benzene rings is 1. The Morgan fingerprint density at radius 1 is 1.64 bits per heavy atom. The van der Waals surface area contributed by atoms with Gasteiger partial charge in [0.25, 0.3) is 0 Å². The zero-order valence-corrected chi connectivity index (χ0v) is 7.58. The summed E-state index contributed by atoms with van der Waals surface area (Å²) in [5, 5.41) is 9.26. The van der Waals surface area contributed by atoms with Gasteiger partial charge in [0.15, 0.2) is 23.1 Å². The average Bonchev–Trinajstić information content (AvgIpc) is 2.16. The second kappa shape index (κ2) is 4.06. The number of phenolic OH excluding ortho intramolecular Hbond substituents is 1. The third-order valence-corrected chi connectivity index (χ3v) is 1.74. The van der Waals surface area contributed by atoms with Crippen molar-refractivity contribution < 1.29 is 19.0 Å². The highest BCUT2D eigenvalue weighted by Crippen LogP contribution is 2.30. The van der Waals surface area contributed by atoms with Crippen molar-refractivity contribution in [3.63, 3.8) is 0 Å². The van der Waals surface area contributed by atoms with Crippen LogP contribution in [0.25, 0.3) is 0 Å². The van der Waals surface area contributed by atoms with E-state index in [1.54, 1.807) is 0 Å². The van der Waals surface area contributed by atoms with Gasteiger partial charge in [0, 0.05) is 5.56 Å². The molecule has 0 aromatic heterocycles. The van der Waals surface area contributed by atoms with Gasteiger partial charge < -0.3 is 15.6 Å². The lowest BCUT2D eigenvalue weighted by Gasteiger charge is -2.06.